The molecule has 0 atom stereocenters. The number of hydrogen-bond donors (Lipinski definition) is 2. The summed E-state index contributed by atoms with van der Waals surface area (Å²) in [5, 5.41) is 14.8. The molecule has 5 aromatic heterocycles. The molecule has 0 saturated heterocycles. The first-order chi connectivity index (χ1) is 30.6. The Morgan fingerprint density at radius 1 is 0.290 bits per heavy atom. The van der Waals surface area contributed by atoms with E-state index in [1.807, 2.05) is 0 Å². The summed E-state index contributed by atoms with van der Waals surface area (Å²) in [5.74, 6) is 0. The summed E-state index contributed by atoms with van der Waals surface area (Å²) in [7, 11) is 0. The van der Waals surface area contributed by atoms with Crippen LogP contribution < -0.4 is 0 Å². The fourth-order valence-electron chi connectivity index (χ4n) is 9.10. The highest BCUT2D eigenvalue weighted by atomic mass is 14.8. The fraction of sp³-hybridized carbons (Fsp3) is 0. The van der Waals surface area contributed by atoms with Gasteiger partial charge in [-0.15, -0.1) is 0 Å². The van der Waals surface area contributed by atoms with Gasteiger partial charge in [-0.1, -0.05) is 121 Å². The van der Waals surface area contributed by atoms with Gasteiger partial charge >= 0.3 is 0 Å². The molecule has 0 fully saturated rings. The minimum Gasteiger partial charge on any atom is -0.355 e. The number of hydrogen-bond acceptors (Lipinski definition) is 4. The third-order valence-electron chi connectivity index (χ3n) is 12.3. The highest BCUT2D eigenvalue weighted by Crippen LogP contribution is 2.24. The third kappa shape index (κ3) is 5.80. The SMILES string of the molecule is C1=Cc2nc1cc1ccc([nH]1)c1c3nc(cc4ccc([nH]4)c2=c2ccc(cc2)=c2ccc(cc2)=c2ccc4ccc5ccc(nc5c4n2)=c2ccc(cc2)=c2ccc=1cc2)C=C3. The molecule has 0 saturated carbocycles. The van der Waals surface area contributed by atoms with Crippen molar-refractivity contribution in [1.82, 2.24) is 29.9 Å². The molecule has 12 aliphatic heterocycles. The summed E-state index contributed by atoms with van der Waals surface area (Å²) in [6, 6.07) is 60.4. The molecule has 288 valence electrons. The molecule has 22 rings (SSSR count). The average molecular weight is 791 g/mol. The molecule has 0 spiro atoms. The van der Waals surface area contributed by atoms with Gasteiger partial charge in [-0.05, 0) is 104 Å². The molecule has 17 heterocycles. The van der Waals surface area contributed by atoms with Crippen molar-refractivity contribution in [2.75, 3.05) is 0 Å². The lowest BCUT2D eigenvalue weighted by Gasteiger charge is -2.03. The predicted octanol–water partition coefficient (Wildman–Crippen LogP) is 11.8. The van der Waals surface area contributed by atoms with Crippen molar-refractivity contribution in [3.63, 3.8) is 0 Å². The maximum atomic E-state index is 5.23. The van der Waals surface area contributed by atoms with Crippen LogP contribution in [0.3, 0.4) is 0 Å². The molecule has 0 amide bonds. The first-order valence-corrected chi connectivity index (χ1v) is 20.9. The molecule has 0 radical (unpaired) electrons. The Hall–Kier alpha value is -8.48. The molecule has 62 heavy (non-hydrogen) atoms. The molecule has 0 aliphatic carbocycles. The van der Waals surface area contributed by atoms with Gasteiger partial charge < -0.3 is 9.97 Å². The molecule has 5 aromatic carbocycles. The maximum absolute atomic E-state index is 5.23. The number of nitrogens with one attached hydrogen (secondary N) is 2. The van der Waals surface area contributed by atoms with Crippen molar-refractivity contribution in [3.05, 3.63) is 256 Å². The van der Waals surface area contributed by atoms with Crippen molar-refractivity contribution in [1.29, 1.82) is 0 Å². The zero-order chi connectivity index (χ0) is 40.7. The molecule has 0 unspecified atom stereocenters. The lowest BCUT2D eigenvalue weighted by molar-refractivity contribution is 1.26. The van der Waals surface area contributed by atoms with E-state index in [4.69, 9.17) is 19.9 Å². The summed E-state index contributed by atoms with van der Waals surface area (Å²) in [6.45, 7) is 0. The average Bonchev–Trinajstić information content (AvgIpc) is 4.17. The number of nitrogens with zero attached hydrogens (tertiary/aromatic N) is 4. The Kier molecular flexibility index (Phi) is 7.50. The number of H-pyrrole nitrogens is 2. The van der Waals surface area contributed by atoms with Gasteiger partial charge in [-0.25, -0.2) is 19.9 Å². The van der Waals surface area contributed by atoms with Gasteiger partial charge in [0, 0.05) is 53.7 Å². The highest BCUT2D eigenvalue weighted by Gasteiger charge is 2.08. The maximum Gasteiger partial charge on any atom is 0.0972 e. The van der Waals surface area contributed by atoms with E-state index in [0.29, 0.717) is 0 Å². The molecule has 12 aliphatic rings. The Balaban J connectivity index is 1.19. The van der Waals surface area contributed by atoms with Gasteiger partial charge in [-0.2, -0.15) is 0 Å². The second-order valence-electron chi connectivity index (χ2n) is 16.1. The minimum absolute atomic E-state index is 0.877. The smallest absolute Gasteiger partial charge is 0.0972 e. The lowest BCUT2D eigenvalue weighted by atomic mass is 10.1. The van der Waals surface area contributed by atoms with Crippen molar-refractivity contribution < 1.29 is 0 Å². The van der Waals surface area contributed by atoms with Gasteiger partial charge in [0.1, 0.15) is 0 Å². The molecular formula is C56H34N6. The van der Waals surface area contributed by atoms with E-state index >= 15 is 0 Å². The fourth-order valence-corrected chi connectivity index (χ4v) is 9.10. The van der Waals surface area contributed by atoms with Crippen molar-refractivity contribution in [2.24, 2.45) is 0 Å². The quantitative estimate of drug-likeness (QED) is 0.150. The van der Waals surface area contributed by atoms with Crippen LogP contribution in [0, 0.1) is 62.9 Å². The van der Waals surface area contributed by atoms with E-state index in [1.54, 1.807) is 0 Å². The first-order valence-electron chi connectivity index (χ1n) is 20.9. The van der Waals surface area contributed by atoms with E-state index in [2.05, 4.69) is 204 Å². The molecule has 2 N–H and O–H groups in total. The Morgan fingerprint density at radius 3 is 1.05 bits per heavy atom. The molecule has 10 aromatic rings. The standard InChI is InChI=1S/C56H34N6/c1-9-37-10-2-33(1)35-5-13-39(14-6-35)53-49-27-21-43(57-49)31-45-23-29-51(59-45)54(52-30-24-46(60-52)32-44-22-28-50(53)58-44)40-15-7-36(8-16-40)34-3-11-38(12-4-34)48-26-20-42-18-17-41-19-25-47(37)61-55(41)56(42)62-48/h1-32,57,60H. The monoisotopic (exact) mass is 790 g/mol. The van der Waals surface area contributed by atoms with Gasteiger partial charge in [0.15, 0.2) is 0 Å². The number of benzene rings is 5. The highest BCUT2D eigenvalue weighted by molar-refractivity contribution is 6.02. The third-order valence-corrected chi connectivity index (χ3v) is 12.3. The summed E-state index contributed by atoms with van der Waals surface area (Å²) in [5.41, 5.74) is 9.24. The summed E-state index contributed by atoms with van der Waals surface area (Å²) in [4.78, 5) is 28.2. The Morgan fingerprint density at radius 2 is 0.645 bits per heavy atom. The van der Waals surface area contributed by atoms with E-state index in [0.717, 1.165) is 130 Å². The predicted molar refractivity (Wildman–Crippen MR) is 248 cm³/mol. The Bertz CT molecular complexity index is 4090. The first kappa shape index (κ1) is 34.4. The molecular weight excluding hydrogens is 757 g/mol. The van der Waals surface area contributed by atoms with Crippen molar-refractivity contribution >= 4 is 68.2 Å². The summed E-state index contributed by atoms with van der Waals surface area (Å²) >= 11 is 0. The van der Waals surface area contributed by atoms with E-state index in [9.17, 15) is 0 Å². The van der Waals surface area contributed by atoms with Crippen LogP contribution in [-0.2, 0) is 0 Å². The lowest BCUT2D eigenvalue weighted by Crippen LogP contribution is -1.89. The van der Waals surface area contributed by atoms with Gasteiger partial charge in [-0.3, -0.25) is 0 Å². The van der Waals surface area contributed by atoms with Crippen molar-refractivity contribution in [2.45, 2.75) is 0 Å². The van der Waals surface area contributed by atoms with Gasteiger partial charge in [0.25, 0.3) is 0 Å². The zero-order valence-corrected chi connectivity index (χ0v) is 33.3. The topological polar surface area (TPSA) is 83.1 Å². The normalized spacial score (nSPS) is 12.4. The Labute approximate surface area is 352 Å². The molecule has 6 nitrogen and oxygen atoms in total. The summed E-state index contributed by atoms with van der Waals surface area (Å²) < 4.78 is 0. The number of aromatic amines is 2. The van der Waals surface area contributed by atoms with Crippen LogP contribution in [0.4, 0.5) is 0 Å². The summed E-state index contributed by atoms with van der Waals surface area (Å²) in [6.07, 6.45) is 8.39. The van der Waals surface area contributed by atoms with Crippen LogP contribution in [0.15, 0.2) is 170 Å². The van der Waals surface area contributed by atoms with E-state index < -0.39 is 0 Å². The van der Waals surface area contributed by atoms with Crippen LogP contribution in [0.1, 0.15) is 22.8 Å². The van der Waals surface area contributed by atoms with Crippen LogP contribution in [0.25, 0.3) is 68.2 Å². The van der Waals surface area contributed by atoms with Gasteiger partial charge in [0.2, 0.25) is 0 Å². The van der Waals surface area contributed by atoms with Crippen LogP contribution >= 0.6 is 0 Å². The zero-order valence-electron chi connectivity index (χ0n) is 33.3. The number of pyridine rings is 2. The second-order valence-corrected chi connectivity index (χ2v) is 16.1. The van der Waals surface area contributed by atoms with E-state index in [1.165, 1.54) is 0 Å². The minimum atomic E-state index is 0.877. The molecule has 22 bridgehead atoms. The molecule has 6 heteroatoms. The number of aromatic nitrogens is 6. The second kappa shape index (κ2) is 13.5. The van der Waals surface area contributed by atoms with Crippen LogP contribution in [-0.4, -0.2) is 29.9 Å². The largest absolute Gasteiger partial charge is 0.355 e. The van der Waals surface area contributed by atoms with Crippen LogP contribution in [0.5, 0.6) is 0 Å². The van der Waals surface area contributed by atoms with Crippen LogP contribution in [0.2, 0.25) is 0 Å². The van der Waals surface area contributed by atoms with Gasteiger partial charge in [0.05, 0.1) is 44.5 Å². The number of rotatable bonds is 0. The van der Waals surface area contributed by atoms with Crippen molar-refractivity contribution in [3.8, 4) is 0 Å². The van der Waals surface area contributed by atoms with E-state index in [-0.39, 0.29) is 0 Å².